The maximum atomic E-state index is 13.1. The van der Waals surface area contributed by atoms with Crippen LogP contribution >= 0.6 is 0 Å². The van der Waals surface area contributed by atoms with Crippen LogP contribution in [-0.4, -0.2) is 46.1 Å². The van der Waals surface area contributed by atoms with Crippen LogP contribution in [-0.2, 0) is 6.54 Å². The second-order valence-corrected chi connectivity index (χ2v) is 8.51. The zero-order valence-corrected chi connectivity index (χ0v) is 17.9. The number of aromatic nitrogens is 3. The van der Waals surface area contributed by atoms with Crippen LogP contribution in [0.15, 0.2) is 17.2 Å². The van der Waals surface area contributed by atoms with Crippen molar-refractivity contribution >= 4 is 16.9 Å². The quantitative estimate of drug-likeness (QED) is 0.744. The number of pyridine rings is 1. The molecule has 2 aromatic rings. The molecular weight excluding hydrogens is 350 g/mol. The largest absolute Gasteiger partial charge is 0.352 e. The van der Waals surface area contributed by atoms with Gasteiger partial charge in [0.05, 0.1) is 10.9 Å². The molecule has 0 radical (unpaired) electrons. The van der Waals surface area contributed by atoms with Gasteiger partial charge >= 0.3 is 0 Å². The third-order valence-corrected chi connectivity index (χ3v) is 5.78. The highest BCUT2D eigenvalue weighted by molar-refractivity contribution is 5.81. The van der Waals surface area contributed by atoms with Crippen molar-refractivity contribution in [3.05, 3.63) is 28.3 Å². The molecule has 0 aliphatic heterocycles. The number of nitrogens with one attached hydrogen (secondary N) is 1. The molecule has 28 heavy (non-hydrogen) atoms. The van der Waals surface area contributed by atoms with Gasteiger partial charge in [0, 0.05) is 31.5 Å². The highest BCUT2D eigenvalue weighted by Crippen LogP contribution is 2.35. The molecule has 0 amide bonds. The van der Waals surface area contributed by atoms with Crippen LogP contribution < -0.4 is 10.9 Å². The smallest absolute Gasteiger partial charge is 0.261 e. The summed E-state index contributed by atoms with van der Waals surface area (Å²) >= 11 is 0. The van der Waals surface area contributed by atoms with Crippen molar-refractivity contribution < 1.29 is 0 Å². The number of fused-ring (bicyclic) bond motifs is 1. The van der Waals surface area contributed by atoms with Gasteiger partial charge in [-0.2, -0.15) is 0 Å². The van der Waals surface area contributed by atoms with Crippen LogP contribution in [0.25, 0.3) is 10.9 Å². The molecule has 1 unspecified atom stereocenters. The first kappa shape index (κ1) is 20.8. The molecule has 0 bridgehead atoms. The Balaban J connectivity index is 2.04. The summed E-state index contributed by atoms with van der Waals surface area (Å²) in [4.78, 5) is 24.5. The summed E-state index contributed by atoms with van der Waals surface area (Å²) in [6.07, 6.45) is 12.2. The van der Waals surface area contributed by atoms with Gasteiger partial charge in [-0.15, -0.1) is 0 Å². The molecule has 3 rings (SSSR count). The normalized spacial score (nSPS) is 16.6. The Morgan fingerprint density at radius 1 is 1.29 bits per heavy atom. The molecule has 6 heteroatoms. The summed E-state index contributed by atoms with van der Waals surface area (Å²) in [6, 6.07) is 0.320. The van der Waals surface area contributed by atoms with Crippen molar-refractivity contribution in [2.75, 3.05) is 26.0 Å². The van der Waals surface area contributed by atoms with Crippen molar-refractivity contribution in [3.63, 3.8) is 0 Å². The third-order valence-electron chi connectivity index (χ3n) is 5.78. The Labute approximate surface area is 168 Å². The van der Waals surface area contributed by atoms with Gasteiger partial charge in [0.2, 0.25) is 5.95 Å². The molecule has 0 saturated heterocycles. The molecule has 6 nitrogen and oxygen atoms in total. The topological polar surface area (TPSA) is 63.1 Å². The van der Waals surface area contributed by atoms with E-state index in [-0.39, 0.29) is 5.56 Å². The van der Waals surface area contributed by atoms with Gasteiger partial charge in [-0.25, -0.2) is 9.97 Å². The Hall–Kier alpha value is -1.95. The van der Waals surface area contributed by atoms with Crippen molar-refractivity contribution in [2.24, 2.45) is 0 Å². The Bertz CT molecular complexity index is 839. The van der Waals surface area contributed by atoms with Crippen LogP contribution in [0.1, 0.15) is 70.3 Å². The Kier molecular flexibility index (Phi) is 7.05. The summed E-state index contributed by atoms with van der Waals surface area (Å²) in [7, 11) is 4.07. The minimum absolute atomic E-state index is 0.0181. The first-order chi connectivity index (χ1) is 13.5. The molecule has 154 valence electrons. The van der Waals surface area contributed by atoms with E-state index >= 15 is 0 Å². The van der Waals surface area contributed by atoms with Gasteiger partial charge in [0.1, 0.15) is 0 Å². The van der Waals surface area contributed by atoms with Crippen molar-refractivity contribution in [1.29, 1.82) is 0 Å². The highest BCUT2D eigenvalue weighted by Gasteiger charge is 2.22. The van der Waals surface area contributed by atoms with E-state index in [1.165, 1.54) is 37.7 Å². The van der Waals surface area contributed by atoms with Crippen LogP contribution in [0.3, 0.4) is 0 Å². The summed E-state index contributed by atoms with van der Waals surface area (Å²) in [5.41, 5.74) is 2.09. The number of hydrogen-bond acceptors (Lipinski definition) is 5. The minimum Gasteiger partial charge on any atom is -0.352 e. The lowest BCUT2D eigenvalue weighted by atomic mass is 9.84. The van der Waals surface area contributed by atoms with Crippen LogP contribution in [0.5, 0.6) is 0 Å². The van der Waals surface area contributed by atoms with E-state index in [1.54, 1.807) is 6.20 Å². The molecule has 1 fully saturated rings. The van der Waals surface area contributed by atoms with E-state index in [9.17, 15) is 4.79 Å². The number of likely N-dealkylation sites (N-methyl/N-ethyl adjacent to an activating group) is 1. The molecule has 1 atom stereocenters. The molecular formula is C22H35N5O. The third kappa shape index (κ3) is 4.90. The van der Waals surface area contributed by atoms with E-state index in [0.29, 0.717) is 29.8 Å². The van der Waals surface area contributed by atoms with Gasteiger partial charge in [0.15, 0.2) is 0 Å². The first-order valence-corrected chi connectivity index (χ1v) is 10.8. The molecule has 2 heterocycles. The van der Waals surface area contributed by atoms with Gasteiger partial charge < -0.3 is 14.8 Å². The van der Waals surface area contributed by atoms with Gasteiger partial charge in [-0.05, 0) is 51.8 Å². The molecule has 1 N–H and O–H groups in total. The first-order valence-electron chi connectivity index (χ1n) is 10.8. The molecule has 0 aromatic carbocycles. The van der Waals surface area contributed by atoms with Gasteiger partial charge in [-0.1, -0.05) is 32.6 Å². The van der Waals surface area contributed by atoms with Crippen LogP contribution in [0.4, 0.5) is 5.95 Å². The summed E-state index contributed by atoms with van der Waals surface area (Å²) in [6.45, 7) is 5.86. The number of rotatable bonds is 8. The van der Waals surface area contributed by atoms with Crippen LogP contribution in [0, 0.1) is 0 Å². The van der Waals surface area contributed by atoms with Crippen LogP contribution in [0.2, 0.25) is 0 Å². The predicted octanol–water partition coefficient (Wildman–Crippen LogP) is 4.00. The Morgan fingerprint density at radius 2 is 2.04 bits per heavy atom. The second kappa shape index (κ2) is 9.50. The lowest BCUT2D eigenvalue weighted by Gasteiger charge is -2.24. The van der Waals surface area contributed by atoms with E-state index in [0.717, 1.165) is 24.9 Å². The van der Waals surface area contributed by atoms with E-state index in [4.69, 9.17) is 4.98 Å². The molecule has 1 aliphatic rings. The molecule has 0 spiro atoms. The minimum atomic E-state index is 0.0181. The van der Waals surface area contributed by atoms with Crippen molar-refractivity contribution in [3.8, 4) is 0 Å². The lowest BCUT2D eigenvalue weighted by molar-refractivity contribution is 0.380. The molecule has 1 saturated carbocycles. The van der Waals surface area contributed by atoms with Crippen molar-refractivity contribution in [1.82, 2.24) is 19.4 Å². The van der Waals surface area contributed by atoms with E-state index in [1.807, 2.05) is 18.7 Å². The second-order valence-electron chi connectivity index (χ2n) is 8.51. The standard InChI is InChI=1S/C22H35N5O/c1-5-9-16(2)24-22-23-14-18-20(25-22)19(17-10-7-6-8-11-17)15-27(21(18)28)13-12-26(3)4/h14-17H,5-13H2,1-4H3,(H,23,24,25). The molecule has 1 aliphatic carbocycles. The average molecular weight is 386 g/mol. The van der Waals surface area contributed by atoms with Crippen molar-refractivity contribution in [2.45, 2.75) is 77.3 Å². The number of anilines is 1. The fourth-order valence-electron chi connectivity index (χ4n) is 4.18. The van der Waals surface area contributed by atoms with Gasteiger partial charge in [0.25, 0.3) is 5.56 Å². The fourth-order valence-corrected chi connectivity index (χ4v) is 4.18. The fraction of sp³-hybridized carbons (Fsp3) is 0.682. The zero-order valence-electron chi connectivity index (χ0n) is 17.9. The maximum Gasteiger partial charge on any atom is 0.261 e. The number of hydrogen-bond donors (Lipinski definition) is 1. The summed E-state index contributed by atoms with van der Waals surface area (Å²) < 4.78 is 1.86. The highest BCUT2D eigenvalue weighted by atomic mass is 16.1. The SMILES string of the molecule is CCCC(C)Nc1ncc2c(=O)n(CCN(C)C)cc(C3CCCCC3)c2n1. The summed E-state index contributed by atoms with van der Waals surface area (Å²) in [5.74, 6) is 1.12. The monoisotopic (exact) mass is 385 g/mol. The summed E-state index contributed by atoms with van der Waals surface area (Å²) in [5, 5.41) is 4.05. The Morgan fingerprint density at radius 3 is 2.71 bits per heavy atom. The lowest BCUT2D eigenvalue weighted by Crippen LogP contribution is -2.28. The molecule has 2 aromatic heterocycles. The zero-order chi connectivity index (χ0) is 20.1. The number of nitrogens with zero attached hydrogens (tertiary/aromatic N) is 4. The average Bonchev–Trinajstić information content (AvgIpc) is 2.68. The maximum absolute atomic E-state index is 13.1. The predicted molar refractivity (Wildman–Crippen MR) is 116 cm³/mol. The van der Waals surface area contributed by atoms with Gasteiger partial charge in [-0.3, -0.25) is 4.79 Å². The van der Waals surface area contributed by atoms with E-state index < -0.39 is 0 Å². The van der Waals surface area contributed by atoms with E-state index in [2.05, 4.69) is 35.2 Å².